The van der Waals surface area contributed by atoms with Crippen molar-refractivity contribution < 1.29 is 9.90 Å². The van der Waals surface area contributed by atoms with Gasteiger partial charge in [-0.25, -0.2) is 4.98 Å². The molecule has 0 atom stereocenters. The van der Waals surface area contributed by atoms with Crippen LogP contribution in [0.5, 0.6) is 0 Å². The lowest BCUT2D eigenvalue weighted by Crippen LogP contribution is -2.52. The van der Waals surface area contributed by atoms with Gasteiger partial charge in [0.2, 0.25) is 0 Å². The molecule has 1 saturated carbocycles. The van der Waals surface area contributed by atoms with Crippen molar-refractivity contribution in [3.63, 3.8) is 0 Å². The van der Waals surface area contributed by atoms with Gasteiger partial charge in [0, 0.05) is 58.1 Å². The van der Waals surface area contributed by atoms with Gasteiger partial charge in [-0.1, -0.05) is 25.3 Å². The molecule has 1 amide bonds. The highest BCUT2D eigenvalue weighted by atomic mass is 16.3. The molecule has 0 unspecified atom stereocenters. The van der Waals surface area contributed by atoms with Gasteiger partial charge in [-0.2, -0.15) is 0 Å². The fourth-order valence-electron chi connectivity index (χ4n) is 5.54. The minimum atomic E-state index is -0.194. The molecule has 0 bridgehead atoms. The molecule has 4 heterocycles. The number of likely N-dealkylation sites (tertiary alicyclic amines) is 1. The van der Waals surface area contributed by atoms with Crippen LogP contribution in [0.4, 0.5) is 0 Å². The Balaban J connectivity index is 1.31. The van der Waals surface area contributed by atoms with Crippen LogP contribution in [0.1, 0.15) is 61.1 Å². The van der Waals surface area contributed by atoms with Gasteiger partial charge >= 0.3 is 0 Å². The Morgan fingerprint density at radius 2 is 1.71 bits per heavy atom. The number of fused-ring (bicyclic) bond motifs is 1. The fraction of sp³-hybridized carbons (Fsp3) is 0.667. The number of piperazine rings is 1. The zero-order valence-electron chi connectivity index (χ0n) is 18.5. The van der Waals surface area contributed by atoms with E-state index in [-0.39, 0.29) is 12.0 Å². The molecule has 1 aliphatic carbocycles. The topological polar surface area (TPSA) is 64.3 Å². The lowest BCUT2D eigenvalue weighted by molar-refractivity contribution is 0.0513. The average molecular weight is 426 g/mol. The molecule has 2 aromatic heterocycles. The molecule has 1 N–H and O–H groups in total. The van der Waals surface area contributed by atoms with Crippen LogP contribution in [0.2, 0.25) is 0 Å². The number of hydrogen-bond donors (Lipinski definition) is 1. The number of amides is 1. The van der Waals surface area contributed by atoms with Crippen molar-refractivity contribution in [2.45, 2.75) is 63.6 Å². The lowest BCUT2D eigenvalue weighted by Gasteiger charge is -2.40. The Morgan fingerprint density at radius 1 is 0.968 bits per heavy atom. The predicted octanol–water partition coefficient (Wildman–Crippen LogP) is 2.38. The van der Waals surface area contributed by atoms with Crippen LogP contribution in [-0.2, 0) is 6.54 Å². The van der Waals surface area contributed by atoms with Crippen molar-refractivity contribution in [1.29, 1.82) is 0 Å². The van der Waals surface area contributed by atoms with Gasteiger partial charge in [-0.3, -0.25) is 14.6 Å². The third kappa shape index (κ3) is 4.49. The second-order valence-electron chi connectivity index (χ2n) is 9.46. The van der Waals surface area contributed by atoms with Gasteiger partial charge < -0.3 is 14.4 Å². The molecule has 5 rings (SSSR count). The maximum absolute atomic E-state index is 13.5. The summed E-state index contributed by atoms with van der Waals surface area (Å²) in [5.74, 6) is 0.0686. The van der Waals surface area contributed by atoms with Crippen LogP contribution in [0, 0.1) is 0 Å². The molecule has 7 nitrogen and oxygen atoms in total. The van der Waals surface area contributed by atoms with Crippen LogP contribution in [0.15, 0.2) is 24.4 Å². The first-order valence-electron chi connectivity index (χ1n) is 12.1. The van der Waals surface area contributed by atoms with Gasteiger partial charge in [0.15, 0.2) is 5.69 Å². The fourth-order valence-corrected chi connectivity index (χ4v) is 5.54. The van der Waals surface area contributed by atoms with Crippen LogP contribution in [0.3, 0.4) is 0 Å². The molecule has 0 spiro atoms. The SMILES string of the molecule is O=C(c1nc2ccccn2c1CN1CCC(O)CC1)N1CCN(C2CCCCC2)CC1. The minimum absolute atomic E-state index is 0.0686. The van der Waals surface area contributed by atoms with E-state index in [2.05, 4.69) is 14.2 Å². The van der Waals surface area contributed by atoms with Gasteiger partial charge in [0.25, 0.3) is 5.91 Å². The van der Waals surface area contributed by atoms with E-state index in [1.54, 1.807) is 0 Å². The van der Waals surface area contributed by atoms with Crippen LogP contribution >= 0.6 is 0 Å². The number of piperidine rings is 1. The number of nitrogens with zero attached hydrogens (tertiary/aromatic N) is 5. The number of pyridine rings is 1. The van der Waals surface area contributed by atoms with Crippen LogP contribution < -0.4 is 0 Å². The highest BCUT2D eigenvalue weighted by molar-refractivity contribution is 5.94. The van der Waals surface area contributed by atoms with Crippen molar-refractivity contribution in [3.05, 3.63) is 35.8 Å². The number of rotatable bonds is 4. The van der Waals surface area contributed by atoms with E-state index in [0.717, 1.165) is 63.5 Å². The molecule has 0 radical (unpaired) electrons. The van der Waals surface area contributed by atoms with Gasteiger partial charge in [-0.15, -0.1) is 0 Å². The number of aliphatic hydroxyl groups is 1. The van der Waals surface area contributed by atoms with E-state index in [0.29, 0.717) is 18.3 Å². The van der Waals surface area contributed by atoms with Gasteiger partial charge in [0.05, 0.1) is 11.8 Å². The summed E-state index contributed by atoms with van der Waals surface area (Å²) < 4.78 is 2.07. The standard InChI is InChI=1S/C24H35N5O2/c30-20-9-12-26(13-10-20)18-21-23(25-22-8-4-5-11-29(21)22)24(31)28-16-14-27(15-17-28)19-6-2-1-3-7-19/h4-5,8,11,19-20,30H,1-3,6-7,9-10,12-18H2. The largest absolute Gasteiger partial charge is 0.393 e. The number of carbonyl (C=O) groups excluding carboxylic acids is 1. The molecule has 168 valence electrons. The second kappa shape index (κ2) is 9.27. The second-order valence-corrected chi connectivity index (χ2v) is 9.46. The number of aromatic nitrogens is 2. The molecule has 31 heavy (non-hydrogen) atoms. The number of aliphatic hydroxyl groups excluding tert-OH is 1. The van der Waals surface area contributed by atoms with Crippen molar-refractivity contribution in [3.8, 4) is 0 Å². The molecule has 2 aliphatic heterocycles. The summed E-state index contributed by atoms with van der Waals surface area (Å²) in [5.41, 5.74) is 2.41. The summed E-state index contributed by atoms with van der Waals surface area (Å²) in [7, 11) is 0. The Hall–Kier alpha value is -1.96. The zero-order chi connectivity index (χ0) is 21.2. The smallest absolute Gasteiger partial charge is 0.274 e. The Bertz CT molecular complexity index is 891. The molecule has 3 aliphatic rings. The first-order valence-corrected chi connectivity index (χ1v) is 12.1. The van der Waals surface area contributed by atoms with Crippen molar-refractivity contribution >= 4 is 11.6 Å². The molecule has 0 aromatic carbocycles. The van der Waals surface area contributed by atoms with Crippen LogP contribution in [0.25, 0.3) is 5.65 Å². The normalized spacial score (nSPS) is 22.9. The van der Waals surface area contributed by atoms with Crippen LogP contribution in [-0.4, -0.2) is 86.5 Å². The molecule has 2 saturated heterocycles. The highest BCUT2D eigenvalue weighted by Gasteiger charge is 2.30. The third-order valence-electron chi connectivity index (χ3n) is 7.45. The van der Waals surface area contributed by atoms with Crippen molar-refractivity contribution in [2.75, 3.05) is 39.3 Å². The summed E-state index contributed by atoms with van der Waals surface area (Å²) in [5, 5.41) is 9.84. The zero-order valence-corrected chi connectivity index (χ0v) is 18.5. The minimum Gasteiger partial charge on any atom is -0.393 e. The van der Waals surface area contributed by atoms with E-state index >= 15 is 0 Å². The summed E-state index contributed by atoms with van der Waals surface area (Å²) in [4.78, 5) is 25.2. The predicted molar refractivity (Wildman–Crippen MR) is 120 cm³/mol. The van der Waals surface area contributed by atoms with E-state index in [1.807, 2.05) is 29.3 Å². The van der Waals surface area contributed by atoms with E-state index < -0.39 is 0 Å². The Kier molecular flexibility index (Phi) is 6.25. The maximum Gasteiger partial charge on any atom is 0.274 e. The molecule has 3 fully saturated rings. The average Bonchev–Trinajstić information content (AvgIpc) is 3.19. The van der Waals surface area contributed by atoms with E-state index in [1.165, 1.54) is 32.1 Å². The Morgan fingerprint density at radius 3 is 2.45 bits per heavy atom. The molecule has 7 heteroatoms. The van der Waals surface area contributed by atoms with Gasteiger partial charge in [-0.05, 0) is 37.8 Å². The number of carbonyl (C=O) groups is 1. The Labute approximate surface area is 184 Å². The monoisotopic (exact) mass is 425 g/mol. The van der Waals surface area contributed by atoms with E-state index in [4.69, 9.17) is 4.98 Å². The molecule has 2 aromatic rings. The summed E-state index contributed by atoms with van der Waals surface area (Å²) in [6.45, 7) is 5.94. The molecular weight excluding hydrogens is 390 g/mol. The quantitative estimate of drug-likeness (QED) is 0.815. The van der Waals surface area contributed by atoms with Crippen molar-refractivity contribution in [2.24, 2.45) is 0 Å². The first kappa shape index (κ1) is 20.9. The third-order valence-corrected chi connectivity index (χ3v) is 7.45. The maximum atomic E-state index is 13.5. The van der Waals surface area contributed by atoms with Gasteiger partial charge in [0.1, 0.15) is 5.65 Å². The number of hydrogen-bond acceptors (Lipinski definition) is 5. The van der Waals surface area contributed by atoms with E-state index in [9.17, 15) is 9.90 Å². The molecular formula is C24H35N5O2. The first-order chi connectivity index (χ1) is 15.2. The highest BCUT2D eigenvalue weighted by Crippen LogP contribution is 2.25. The summed E-state index contributed by atoms with van der Waals surface area (Å²) in [6, 6.07) is 6.66. The van der Waals surface area contributed by atoms with Crippen molar-refractivity contribution in [1.82, 2.24) is 24.1 Å². The lowest BCUT2D eigenvalue weighted by atomic mass is 9.94. The summed E-state index contributed by atoms with van der Waals surface area (Å²) in [6.07, 6.45) is 10.1. The number of imidazole rings is 1. The summed E-state index contributed by atoms with van der Waals surface area (Å²) >= 11 is 0.